The molecule has 0 fully saturated rings. The summed E-state index contributed by atoms with van der Waals surface area (Å²) in [4.78, 5) is 28.7. The van der Waals surface area contributed by atoms with Crippen molar-refractivity contribution in [1.29, 1.82) is 0 Å². The van der Waals surface area contributed by atoms with Crippen LogP contribution in [0.3, 0.4) is 0 Å². The maximum atomic E-state index is 12.3. The molecule has 134 valence electrons. The summed E-state index contributed by atoms with van der Waals surface area (Å²) in [5.74, 6) is 0.908. The lowest BCUT2D eigenvalue weighted by Gasteiger charge is -2.02. The van der Waals surface area contributed by atoms with Gasteiger partial charge in [-0.15, -0.1) is 23.1 Å². The van der Waals surface area contributed by atoms with Crippen LogP contribution in [0.2, 0.25) is 0 Å². The fourth-order valence-corrected chi connectivity index (χ4v) is 3.28. The van der Waals surface area contributed by atoms with Gasteiger partial charge in [0.25, 0.3) is 5.91 Å². The Labute approximate surface area is 159 Å². The number of thioether (sulfide) groups is 1. The molecule has 8 heteroatoms. The molecule has 2 N–H and O–H groups in total. The van der Waals surface area contributed by atoms with E-state index >= 15 is 0 Å². The molecule has 3 rings (SSSR count). The van der Waals surface area contributed by atoms with E-state index in [4.69, 9.17) is 4.42 Å². The van der Waals surface area contributed by atoms with E-state index in [1.807, 2.05) is 23.8 Å². The molecule has 3 aromatic rings. The number of thiazole rings is 1. The van der Waals surface area contributed by atoms with E-state index in [9.17, 15) is 9.59 Å². The summed E-state index contributed by atoms with van der Waals surface area (Å²) in [6.07, 6.45) is 1.99. The van der Waals surface area contributed by atoms with Crippen LogP contribution in [0.5, 0.6) is 0 Å². The van der Waals surface area contributed by atoms with Gasteiger partial charge in [-0.3, -0.25) is 14.9 Å². The highest BCUT2D eigenvalue weighted by molar-refractivity contribution is 7.98. The summed E-state index contributed by atoms with van der Waals surface area (Å²) in [6, 6.07) is 11.0. The molecule has 0 spiro atoms. The second-order valence-corrected chi connectivity index (χ2v) is 7.13. The molecule has 0 radical (unpaired) electrons. The van der Waals surface area contributed by atoms with Gasteiger partial charge in [0.05, 0.1) is 6.54 Å². The number of rotatable bonds is 6. The van der Waals surface area contributed by atoms with E-state index in [1.165, 1.54) is 18.3 Å². The van der Waals surface area contributed by atoms with E-state index in [-0.39, 0.29) is 11.8 Å². The van der Waals surface area contributed by atoms with Gasteiger partial charge >= 0.3 is 0 Å². The summed E-state index contributed by atoms with van der Waals surface area (Å²) in [7, 11) is 0. The minimum absolute atomic E-state index is 0.118. The van der Waals surface area contributed by atoms with Crippen LogP contribution < -0.4 is 10.6 Å². The Morgan fingerprint density at radius 2 is 1.96 bits per heavy atom. The summed E-state index contributed by atoms with van der Waals surface area (Å²) < 4.78 is 5.66. The Bertz CT molecular complexity index is 916. The normalized spacial score (nSPS) is 10.5. The summed E-state index contributed by atoms with van der Waals surface area (Å²) in [5, 5.41) is 7.78. The van der Waals surface area contributed by atoms with Crippen LogP contribution in [-0.2, 0) is 11.3 Å². The molecule has 0 aliphatic carbocycles. The van der Waals surface area contributed by atoms with Gasteiger partial charge in [0, 0.05) is 22.8 Å². The molecule has 0 aliphatic heterocycles. The topological polar surface area (TPSA) is 84.2 Å². The molecular weight excluding hydrogens is 370 g/mol. The lowest BCUT2D eigenvalue weighted by molar-refractivity contribution is -0.119. The Balaban J connectivity index is 1.65. The molecule has 1 aromatic carbocycles. The molecule has 2 heterocycles. The summed E-state index contributed by atoms with van der Waals surface area (Å²) in [6.45, 7) is 1.78. The third kappa shape index (κ3) is 4.53. The van der Waals surface area contributed by atoms with Crippen molar-refractivity contribution in [2.24, 2.45) is 0 Å². The van der Waals surface area contributed by atoms with Gasteiger partial charge in [-0.2, -0.15) is 0 Å². The van der Waals surface area contributed by atoms with Crippen LogP contribution in [0.4, 0.5) is 5.13 Å². The van der Waals surface area contributed by atoms with E-state index in [1.54, 1.807) is 36.0 Å². The molecule has 26 heavy (non-hydrogen) atoms. The van der Waals surface area contributed by atoms with Gasteiger partial charge in [0.2, 0.25) is 5.91 Å². The van der Waals surface area contributed by atoms with Crippen molar-refractivity contribution in [3.8, 4) is 11.5 Å². The molecule has 0 bridgehead atoms. The zero-order chi connectivity index (χ0) is 18.5. The third-order valence-electron chi connectivity index (χ3n) is 3.50. The minimum Gasteiger partial charge on any atom is -0.458 e. The van der Waals surface area contributed by atoms with Gasteiger partial charge in [-0.05, 0) is 42.7 Å². The van der Waals surface area contributed by atoms with Crippen LogP contribution in [0.15, 0.2) is 51.1 Å². The maximum absolute atomic E-state index is 12.3. The molecule has 0 atom stereocenters. The summed E-state index contributed by atoms with van der Waals surface area (Å²) >= 11 is 2.95. The number of benzene rings is 1. The Kier molecular flexibility index (Phi) is 5.75. The fraction of sp³-hybridized carbons (Fsp3) is 0.167. The van der Waals surface area contributed by atoms with E-state index in [0.29, 0.717) is 34.5 Å². The molecular formula is C18H17N3O3S2. The highest BCUT2D eigenvalue weighted by Gasteiger charge is 2.12. The summed E-state index contributed by atoms with van der Waals surface area (Å²) in [5.41, 5.74) is 1.22. The molecule has 0 saturated carbocycles. The molecule has 0 aliphatic rings. The standard InChI is InChI=1S/C18H17N3O3S2/c1-11(22)19-9-13-5-8-16(24-13)15-10-26-18(20-15)21-17(23)12-3-6-14(25-2)7-4-12/h3-8,10H,9H2,1-2H3,(H,19,22)(H,20,21,23). The van der Waals surface area contributed by atoms with Crippen molar-refractivity contribution in [2.45, 2.75) is 18.4 Å². The zero-order valence-corrected chi connectivity index (χ0v) is 15.9. The Hall–Kier alpha value is -2.58. The van der Waals surface area contributed by atoms with Crippen molar-refractivity contribution >= 4 is 40.0 Å². The number of carbonyl (C=O) groups excluding carboxylic acids is 2. The second kappa shape index (κ2) is 8.20. The Morgan fingerprint density at radius 1 is 1.19 bits per heavy atom. The van der Waals surface area contributed by atoms with Crippen molar-refractivity contribution < 1.29 is 14.0 Å². The number of amides is 2. The van der Waals surface area contributed by atoms with Crippen molar-refractivity contribution in [1.82, 2.24) is 10.3 Å². The highest BCUT2D eigenvalue weighted by Crippen LogP contribution is 2.27. The molecule has 2 aromatic heterocycles. The van der Waals surface area contributed by atoms with Gasteiger partial charge in [0.1, 0.15) is 11.5 Å². The molecule has 0 saturated heterocycles. The number of nitrogens with one attached hydrogen (secondary N) is 2. The number of furan rings is 1. The second-order valence-electron chi connectivity index (χ2n) is 5.40. The fourth-order valence-electron chi connectivity index (χ4n) is 2.18. The van der Waals surface area contributed by atoms with Gasteiger partial charge in [-0.1, -0.05) is 0 Å². The van der Waals surface area contributed by atoms with E-state index in [2.05, 4.69) is 15.6 Å². The monoisotopic (exact) mass is 387 g/mol. The lowest BCUT2D eigenvalue weighted by Crippen LogP contribution is -2.18. The smallest absolute Gasteiger partial charge is 0.257 e. The number of carbonyl (C=O) groups is 2. The van der Waals surface area contributed by atoms with Crippen LogP contribution in [0.1, 0.15) is 23.0 Å². The van der Waals surface area contributed by atoms with E-state index < -0.39 is 0 Å². The van der Waals surface area contributed by atoms with Gasteiger partial charge in [-0.25, -0.2) is 4.98 Å². The van der Waals surface area contributed by atoms with Crippen LogP contribution in [0.25, 0.3) is 11.5 Å². The number of aromatic nitrogens is 1. The lowest BCUT2D eigenvalue weighted by atomic mass is 10.2. The first-order valence-electron chi connectivity index (χ1n) is 7.79. The van der Waals surface area contributed by atoms with Crippen molar-refractivity contribution in [3.63, 3.8) is 0 Å². The average Bonchev–Trinajstić information content (AvgIpc) is 3.29. The highest BCUT2D eigenvalue weighted by atomic mass is 32.2. The van der Waals surface area contributed by atoms with Crippen LogP contribution in [0, 0.1) is 0 Å². The largest absolute Gasteiger partial charge is 0.458 e. The first kappa shape index (κ1) is 18.2. The quantitative estimate of drug-likeness (QED) is 0.624. The SMILES string of the molecule is CSc1ccc(C(=O)Nc2nc(-c3ccc(CNC(C)=O)o3)cs2)cc1. The first-order valence-corrected chi connectivity index (χ1v) is 9.90. The van der Waals surface area contributed by atoms with Gasteiger partial charge < -0.3 is 9.73 Å². The van der Waals surface area contributed by atoms with Gasteiger partial charge in [0.15, 0.2) is 10.9 Å². The van der Waals surface area contributed by atoms with Crippen LogP contribution in [-0.4, -0.2) is 23.1 Å². The maximum Gasteiger partial charge on any atom is 0.257 e. The first-order chi connectivity index (χ1) is 12.5. The predicted octanol–water partition coefficient (Wildman–Crippen LogP) is 4.01. The molecule has 2 amide bonds. The van der Waals surface area contributed by atoms with Crippen molar-refractivity contribution in [3.05, 3.63) is 53.1 Å². The average molecular weight is 387 g/mol. The van der Waals surface area contributed by atoms with Crippen molar-refractivity contribution in [2.75, 3.05) is 11.6 Å². The number of hydrogen-bond acceptors (Lipinski definition) is 6. The minimum atomic E-state index is -0.204. The molecule has 0 unspecified atom stereocenters. The number of hydrogen-bond donors (Lipinski definition) is 2. The van der Waals surface area contributed by atoms with E-state index in [0.717, 1.165) is 4.90 Å². The predicted molar refractivity (Wildman–Crippen MR) is 104 cm³/mol. The third-order valence-corrected chi connectivity index (χ3v) is 5.00. The molecule has 6 nitrogen and oxygen atoms in total. The zero-order valence-electron chi connectivity index (χ0n) is 14.2. The van der Waals surface area contributed by atoms with Crippen LogP contribution >= 0.6 is 23.1 Å². The number of nitrogens with zero attached hydrogens (tertiary/aromatic N) is 1. The number of anilines is 1. The Morgan fingerprint density at radius 3 is 2.65 bits per heavy atom.